The SMILES string of the molecule is Cn1cc(C[C@](C)(O)NC[C@H](O)c2cccc(NS(=O)(=O)c3cccs3)c2)c2cccc(OS(C)(=O)=O)c21. The molecule has 204 valence electrons. The highest BCUT2D eigenvalue weighted by Crippen LogP contribution is 2.32. The van der Waals surface area contributed by atoms with Crippen LogP contribution in [0.15, 0.2) is 70.4 Å². The van der Waals surface area contributed by atoms with E-state index in [1.165, 1.54) is 6.07 Å². The minimum Gasteiger partial charge on any atom is -0.387 e. The van der Waals surface area contributed by atoms with Crippen LogP contribution in [0.4, 0.5) is 5.69 Å². The molecule has 0 aliphatic carbocycles. The van der Waals surface area contributed by atoms with Crippen molar-refractivity contribution < 1.29 is 31.2 Å². The van der Waals surface area contributed by atoms with E-state index < -0.39 is 32.0 Å². The van der Waals surface area contributed by atoms with E-state index in [9.17, 15) is 27.0 Å². The van der Waals surface area contributed by atoms with Gasteiger partial charge in [0, 0.05) is 37.3 Å². The van der Waals surface area contributed by atoms with Gasteiger partial charge in [0.2, 0.25) is 0 Å². The molecule has 4 N–H and O–H groups in total. The predicted molar refractivity (Wildman–Crippen MR) is 147 cm³/mol. The van der Waals surface area contributed by atoms with E-state index in [1.54, 1.807) is 72.6 Å². The highest BCUT2D eigenvalue weighted by Gasteiger charge is 2.25. The first-order valence-corrected chi connectivity index (χ1v) is 15.7. The monoisotopic (exact) mass is 579 g/mol. The zero-order valence-corrected chi connectivity index (χ0v) is 23.4. The molecule has 0 saturated carbocycles. The van der Waals surface area contributed by atoms with Crippen molar-refractivity contribution in [3.63, 3.8) is 0 Å². The molecule has 13 heteroatoms. The van der Waals surface area contributed by atoms with Crippen LogP contribution in [-0.2, 0) is 33.6 Å². The summed E-state index contributed by atoms with van der Waals surface area (Å²) in [5.74, 6) is 0.191. The van der Waals surface area contributed by atoms with E-state index in [1.807, 2.05) is 6.07 Å². The molecule has 4 rings (SSSR count). The molecule has 2 atom stereocenters. The first-order valence-electron chi connectivity index (χ1n) is 11.5. The van der Waals surface area contributed by atoms with Gasteiger partial charge >= 0.3 is 10.1 Å². The first kappa shape index (κ1) is 28.1. The maximum Gasteiger partial charge on any atom is 0.306 e. The van der Waals surface area contributed by atoms with Gasteiger partial charge in [-0.05, 0) is 47.7 Å². The number of fused-ring (bicyclic) bond motifs is 1. The van der Waals surface area contributed by atoms with Crippen molar-refractivity contribution >= 4 is 48.1 Å². The van der Waals surface area contributed by atoms with E-state index in [0.29, 0.717) is 16.8 Å². The summed E-state index contributed by atoms with van der Waals surface area (Å²) in [5, 5.41) is 27.2. The number of hydrogen-bond acceptors (Lipinski definition) is 9. The van der Waals surface area contributed by atoms with E-state index in [-0.39, 0.29) is 22.9 Å². The maximum absolute atomic E-state index is 12.5. The molecule has 2 aromatic heterocycles. The van der Waals surface area contributed by atoms with Gasteiger partial charge in [0.05, 0.1) is 17.9 Å². The smallest absolute Gasteiger partial charge is 0.306 e. The Morgan fingerprint density at radius 2 is 1.84 bits per heavy atom. The van der Waals surface area contributed by atoms with Gasteiger partial charge in [-0.1, -0.05) is 30.3 Å². The number of nitrogens with one attached hydrogen (secondary N) is 2. The number of aryl methyl sites for hydroxylation is 1. The van der Waals surface area contributed by atoms with Gasteiger partial charge in [0.25, 0.3) is 10.0 Å². The van der Waals surface area contributed by atoms with Gasteiger partial charge in [-0.2, -0.15) is 8.42 Å². The number of aliphatic hydroxyl groups excluding tert-OH is 1. The number of benzene rings is 2. The van der Waals surface area contributed by atoms with Crippen LogP contribution in [0.5, 0.6) is 5.75 Å². The standard InChI is InChI=1S/C25H29N3O7S3/c1-25(30,14-18-16-28(2)24-20(18)9-5-10-22(24)35-37(3,31)32)26-15-21(29)17-7-4-8-19(13-17)27-38(33,34)23-11-6-12-36-23/h4-13,16,21,26-27,29-30H,14-15H2,1-3H3/t21-,25-/m0/s1. The van der Waals surface area contributed by atoms with Crippen molar-refractivity contribution in [2.24, 2.45) is 7.05 Å². The van der Waals surface area contributed by atoms with Gasteiger partial charge in [0.1, 0.15) is 9.93 Å². The summed E-state index contributed by atoms with van der Waals surface area (Å²) in [7, 11) is -5.69. The molecule has 0 fully saturated rings. The van der Waals surface area contributed by atoms with Crippen LogP contribution in [0, 0.1) is 0 Å². The van der Waals surface area contributed by atoms with Crippen molar-refractivity contribution in [3.05, 3.63) is 77.3 Å². The molecule has 0 radical (unpaired) electrons. The number of thiophene rings is 1. The fourth-order valence-electron chi connectivity index (χ4n) is 4.18. The Bertz CT molecular complexity index is 1640. The first-order chi connectivity index (χ1) is 17.7. The van der Waals surface area contributed by atoms with Gasteiger partial charge in [-0.25, -0.2) is 8.42 Å². The van der Waals surface area contributed by atoms with Gasteiger partial charge < -0.3 is 19.0 Å². The molecule has 4 aromatic rings. The normalized spacial score (nSPS) is 14.8. The van der Waals surface area contributed by atoms with Crippen LogP contribution in [0.2, 0.25) is 0 Å². The number of rotatable bonds is 11. The summed E-state index contributed by atoms with van der Waals surface area (Å²) in [6.45, 7) is 1.56. The minimum atomic E-state index is -3.72. The average Bonchev–Trinajstić information content (AvgIpc) is 3.46. The molecule has 10 nitrogen and oxygen atoms in total. The number of aromatic nitrogens is 1. The number of sulfonamides is 1. The van der Waals surface area contributed by atoms with Crippen molar-refractivity contribution in [2.75, 3.05) is 17.5 Å². The Morgan fingerprint density at radius 3 is 2.53 bits per heavy atom. The third-order valence-corrected chi connectivity index (χ3v) is 9.04. The molecular formula is C25H29N3O7S3. The second-order valence-electron chi connectivity index (χ2n) is 9.22. The van der Waals surface area contributed by atoms with Gasteiger partial charge in [-0.15, -0.1) is 11.3 Å². The van der Waals surface area contributed by atoms with Gasteiger partial charge in [-0.3, -0.25) is 10.0 Å². The molecule has 2 aromatic carbocycles. The summed E-state index contributed by atoms with van der Waals surface area (Å²) in [5.41, 5.74) is 0.669. The number of nitrogens with zero attached hydrogens (tertiary/aromatic N) is 1. The van der Waals surface area contributed by atoms with Crippen molar-refractivity contribution in [2.45, 2.75) is 29.4 Å². The van der Waals surface area contributed by atoms with Crippen molar-refractivity contribution in [1.82, 2.24) is 9.88 Å². The van der Waals surface area contributed by atoms with Crippen molar-refractivity contribution in [1.29, 1.82) is 0 Å². The quantitative estimate of drug-likeness (QED) is 0.157. The molecule has 0 aliphatic rings. The molecular weight excluding hydrogens is 550 g/mol. The molecule has 0 spiro atoms. The van der Waals surface area contributed by atoms with Crippen LogP contribution in [0.3, 0.4) is 0 Å². The third-order valence-electron chi connectivity index (χ3n) is 5.78. The summed E-state index contributed by atoms with van der Waals surface area (Å²) < 4.78 is 57.9. The molecule has 0 saturated heterocycles. The summed E-state index contributed by atoms with van der Waals surface area (Å²) >= 11 is 1.10. The summed E-state index contributed by atoms with van der Waals surface area (Å²) in [6, 6.07) is 14.6. The highest BCUT2D eigenvalue weighted by atomic mass is 32.2. The van der Waals surface area contributed by atoms with Crippen LogP contribution in [-0.4, -0.2) is 50.1 Å². The maximum atomic E-state index is 12.5. The topological polar surface area (TPSA) is 147 Å². The average molecular weight is 580 g/mol. The van der Waals surface area contributed by atoms with Gasteiger partial charge in [0.15, 0.2) is 5.75 Å². The Kier molecular flexibility index (Phi) is 7.89. The summed E-state index contributed by atoms with van der Waals surface area (Å²) in [4.78, 5) is 0. The molecule has 0 aliphatic heterocycles. The largest absolute Gasteiger partial charge is 0.387 e. The second kappa shape index (κ2) is 10.7. The Balaban J connectivity index is 1.45. The molecule has 2 heterocycles. The number of para-hydroxylation sites is 1. The number of hydrogen-bond donors (Lipinski definition) is 4. The molecule has 0 unspecified atom stereocenters. The lowest BCUT2D eigenvalue weighted by molar-refractivity contribution is 0.0112. The zero-order chi connectivity index (χ0) is 27.7. The lowest BCUT2D eigenvalue weighted by Crippen LogP contribution is -2.46. The van der Waals surface area contributed by atoms with Crippen molar-refractivity contribution in [3.8, 4) is 5.75 Å². The highest BCUT2D eigenvalue weighted by molar-refractivity contribution is 7.94. The van der Waals surface area contributed by atoms with E-state index in [0.717, 1.165) is 28.5 Å². The van der Waals surface area contributed by atoms with Crippen LogP contribution in [0.1, 0.15) is 24.2 Å². The predicted octanol–water partition coefficient (Wildman–Crippen LogP) is 2.95. The molecule has 0 amide bonds. The second-order valence-corrected chi connectivity index (χ2v) is 13.6. The van der Waals surface area contributed by atoms with E-state index in [2.05, 4.69) is 10.0 Å². The lowest BCUT2D eigenvalue weighted by Gasteiger charge is -2.26. The Hall–Kier alpha value is -2.94. The molecule has 0 bridgehead atoms. The molecule has 38 heavy (non-hydrogen) atoms. The van der Waals surface area contributed by atoms with E-state index in [4.69, 9.17) is 4.18 Å². The van der Waals surface area contributed by atoms with Crippen LogP contribution in [0.25, 0.3) is 10.9 Å². The Morgan fingerprint density at radius 1 is 1.11 bits per heavy atom. The fraction of sp³-hybridized carbons (Fsp3) is 0.280. The lowest BCUT2D eigenvalue weighted by atomic mass is 10.0. The van der Waals surface area contributed by atoms with Crippen LogP contribution < -0.4 is 14.2 Å². The minimum absolute atomic E-state index is 0.0126. The Labute approximate surface area is 225 Å². The number of aliphatic hydroxyl groups is 2. The fourth-order valence-corrected chi connectivity index (χ4v) is 6.69. The number of anilines is 1. The zero-order valence-electron chi connectivity index (χ0n) is 21.0. The van der Waals surface area contributed by atoms with E-state index >= 15 is 0 Å². The van der Waals surface area contributed by atoms with Crippen LogP contribution >= 0.6 is 11.3 Å². The summed E-state index contributed by atoms with van der Waals surface area (Å²) in [6.07, 6.45) is 1.88. The third kappa shape index (κ3) is 6.73.